The highest BCUT2D eigenvalue weighted by atomic mass is 16.5. The van der Waals surface area contributed by atoms with Gasteiger partial charge in [0.15, 0.2) is 0 Å². The molecule has 4 saturated carbocycles. The topological polar surface area (TPSA) is 102 Å². The Labute approximate surface area is 188 Å². The van der Waals surface area contributed by atoms with Gasteiger partial charge in [0.25, 0.3) is 0 Å². The Hall–Kier alpha value is -3.10. The average molecular weight is 451 g/mol. The van der Waals surface area contributed by atoms with Crippen LogP contribution in [0.4, 0.5) is 0 Å². The van der Waals surface area contributed by atoms with Gasteiger partial charge in [0.05, 0.1) is 31.0 Å². The molecule has 0 radical (unpaired) electrons. The van der Waals surface area contributed by atoms with Gasteiger partial charge in [0.2, 0.25) is 0 Å². The van der Waals surface area contributed by atoms with Crippen LogP contribution in [0.2, 0.25) is 0 Å². The third-order valence-corrected chi connectivity index (χ3v) is 9.45. The first-order valence-corrected chi connectivity index (χ1v) is 11.7. The Morgan fingerprint density at radius 2 is 1.30 bits per heavy atom. The van der Waals surface area contributed by atoms with Crippen LogP contribution in [-0.4, -0.2) is 39.1 Å². The molecule has 6 aliphatic rings. The summed E-state index contributed by atoms with van der Waals surface area (Å²) in [5.41, 5.74) is -0.414. The Kier molecular flexibility index (Phi) is 3.45. The van der Waals surface area contributed by atoms with E-state index in [9.17, 15) is 19.2 Å². The highest BCUT2D eigenvalue weighted by Gasteiger charge is 3.02. The van der Waals surface area contributed by atoms with Crippen LogP contribution in [0.5, 0.6) is 0 Å². The summed E-state index contributed by atoms with van der Waals surface area (Å²) in [6.45, 7) is 3.40. The number of carbonyl (C=O) groups excluding carboxylic acids is 2. The van der Waals surface area contributed by atoms with Crippen LogP contribution < -0.4 is 11.4 Å². The van der Waals surface area contributed by atoms with E-state index in [1.807, 2.05) is 18.2 Å². The molecular formula is C24H25N3O6. The summed E-state index contributed by atoms with van der Waals surface area (Å²) >= 11 is 0. The molecule has 0 spiro atoms. The molecular weight excluding hydrogens is 426 g/mol. The molecule has 2 aromatic rings. The molecule has 9 heteroatoms. The minimum absolute atomic E-state index is 0.0828. The first kappa shape index (κ1) is 19.4. The van der Waals surface area contributed by atoms with Crippen LogP contribution in [-0.2, 0) is 19.1 Å². The van der Waals surface area contributed by atoms with Crippen molar-refractivity contribution in [1.29, 1.82) is 0 Å². The monoisotopic (exact) mass is 451 g/mol. The van der Waals surface area contributed by atoms with Gasteiger partial charge in [-0.1, -0.05) is 18.2 Å². The number of ether oxygens (including phenoxy) is 2. The number of esters is 2. The lowest BCUT2D eigenvalue weighted by molar-refractivity contribution is -0.144. The van der Waals surface area contributed by atoms with Crippen molar-refractivity contribution in [3.8, 4) is 5.69 Å². The summed E-state index contributed by atoms with van der Waals surface area (Å²) in [6, 6.07) is 8.87. The fourth-order valence-electron chi connectivity index (χ4n) is 8.99. The number of nitrogens with zero attached hydrogens (tertiary/aromatic N) is 3. The first-order chi connectivity index (χ1) is 15.9. The quantitative estimate of drug-likeness (QED) is 0.588. The lowest BCUT2D eigenvalue weighted by Gasteiger charge is -2.48. The largest absolute Gasteiger partial charge is 0.466 e. The van der Waals surface area contributed by atoms with E-state index in [0.29, 0.717) is 55.4 Å². The molecule has 8 atom stereocenters. The van der Waals surface area contributed by atoms with Gasteiger partial charge in [-0.3, -0.25) is 9.59 Å². The lowest BCUT2D eigenvalue weighted by Crippen LogP contribution is -2.53. The van der Waals surface area contributed by atoms with E-state index in [0.717, 1.165) is 0 Å². The zero-order valence-corrected chi connectivity index (χ0v) is 18.5. The molecule has 1 aromatic carbocycles. The van der Waals surface area contributed by atoms with Gasteiger partial charge >= 0.3 is 23.3 Å². The van der Waals surface area contributed by atoms with Crippen LogP contribution in [0.3, 0.4) is 0 Å². The molecule has 2 unspecified atom stereocenters. The van der Waals surface area contributed by atoms with E-state index < -0.39 is 0 Å². The first-order valence-electron chi connectivity index (χ1n) is 11.7. The normalized spacial score (nSPS) is 39.2. The van der Waals surface area contributed by atoms with Crippen molar-refractivity contribution in [2.24, 2.45) is 34.5 Å². The van der Waals surface area contributed by atoms with Crippen molar-refractivity contribution in [3.63, 3.8) is 0 Å². The Balaban J connectivity index is 1.37. The minimum atomic E-state index is -0.318. The second-order valence-electron chi connectivity index (χ2n) is 10.3. The van der Waals surface area contributed by atoms with E-state index in [1.165, 1.54) is 18.4 Å². The van der Waals surface area contributed by atoms with Crippen molar-refractivity contribution < 1.29 is 19.1 Å². The summed E-state index contributed by atoms with van der Waals surface area (Å²) < 4.78 is 15.4. The van der Waals surface area contributed by atoms with Gasteiger partial charge < -0.3 is 9.47 Å². The Morgan fingerprint density at radius 3 is 1.76 bits per heavy atom. The molecule has 0 N–H and O–H groups in total. The van der Waals surface area contributed by atoms with Crippen molar-refractivity contribution in [2.75, 3.05) is 13.2 Å². The SMILES string of the molecule is CC(=O)OCC[C@]12C3C4[C@H]5[C@H]4[C@@H](n4c(=O)n(-c6ccccc6)c(=O)n4[C@@H]51)[C@@]32CCOC(C)=O. The van der Waals surface area contributed by atoms with Crippen LogP contribution in [0.25, 0.3) is 5.69 Å². The third kappa shape index (κ3) is 1.94. The predicted octanol–water partition coefficient (Wildman–Crippen LogP) is 1.29. The van der Waals surface area contributed by atoms with Crippen molar-refractivity contribution in [3.05, 3.63) is 51.3 Å². The smallest absolute Gasteiger partial charge is 0.352 e. The van der Waals surface area contributed by atoms with Gasteiger partial charge in [0, 0.05) is 24.7 Å². The highest BCUT2D eigenvalue weighted by molar-refractivity contribution is 5.66. The Bertz CT molecular complexity index is 1260. The maximum Gasteiger partial charge on any atom is 0.352 e. The molecule has 33 heavy (non-hydrogen) atoms. The number of benzene rings is 1. The van der Waals surface area contributed by atoms with E-state index in [2.05, 4.69) is 0 Å². The Morgan fingerprint density at radius 1 is 0.818 bits per heavy atom. The summed E-state index contributed by atoms with van der Waals surface area (Å²) in [7, 11) is 0. The molecule has 9 nitrogen and oxygen atoms in total. The lowest BCUT2D eigenvalue weighted by atomic mass is 9.68. The van der Waals surface area contributed by atoms with Crippen molar-refractivity contribution >= 4 is 11.9 Å². The summed E-state index contributed by atoms with van der Waals surface area (Å²) in [4.78, 5) is 50.2. The summed E-state index contributed by atoms with van der Waals surface area (Å²) in [5.74, 6) is 1.03. The van der Waals surface area contributed by atoms with Gasteiger partial charge in [0.1, 0.15) is 0 Å². The molecule has 2 bridgehead atoms. The van der Waals surface area contributed by atoms with Crippen LogP contribution in [0.1, 0.15) is 38.8 Å². The van der Waals surface area contributed by atoms with E-state index in [-0.39, 0.29) is 46.2 Å². The van der Waals surface area contributed by atoms with Gasteiger partial charge in [-0.25, -0.2) is 23.5 Å². The molecule has 0 saturated heterocycles. The number of para-hydroxylation sites is 1. The number of aromatic nitrogens is 3. The standard InChI is InChI=1S/C24H25N3O6/c1-12(28)32-10-8-23-18-15-16-17(15)20(24(18,23)9-11-33-13(2)29)27-22(31)25(14-6-4-3-5-7-14)21(30)26(27)19(16)23/h3-7,15-20H,8-11H2,1-2H3/t15?,16-,17-,18?,19-,20+,23-,24+/m0/s1. The van der Waals surface area contributed by atoms with E-state index in [4.69, 9.17) is 9.47 Å². The number of rotatable bonds is 7. The molecule has 0 amide bonds. The summed E-state index contributed by atoms with van der Waals surface area (Å²) in [5, 5.41) is 0. The van der Waals surface area contributed by atoms with Crippen molar-refractivity contribution in [1.82, 2.24) is 13.9 Å². The average Bonchev–Trinajstić information content (AvgIpc) is 3.51. The van der Waals surface area contributed by atoms with E-state index >= 15 is 0 Å². The minimum Gasteiger partial charge on any atom is -0.466 e. The number of hydrogen-bond acceptors (Lipinski definition) is 6. The second-order valence-corrected chi connectivity index (χ2v) is 10.3. The van der Waals surface area contributed by atoms with Crippen LogP contribution in [0.15, 0.2) is 39.9 Å². The van der Waals surface area contributed by atoms with E-state index in [1.54, 1.807) is 21.5 Å². The molecule has 4 aliphatic carbocycles. The van der Waals surface area contributed by atoms with Gasteiger partial charge in [-0.15, -0.1) is 0 Å². The molecule has 4 fully saturated rings. The highest BCUT2D eigenvalue weighted by Crippen LogP contribution is 3.03. The maximum atomic E-state index is 13.6. The zero-order valence-electron chi connectivity index (χ0n) is 18.5. The van der Waals surface area contributed by atoms with Crippen LogP contribution in [0, 0.1) is 34.5 Å². The third-order valence-electron chi connectivity index (χ3n) is 9.45. The summed E-state index contributed by atoms with van der Waals surface area (Å²) in [6.07, 6.45) is 1.32. The van der Waals surface area contributed by atoms with Gasteiger partial charge in [-0.05, 0) is 48.6 Å². The van der Waals surface area contributed by atoms with Gasteiger partial charge in [-0.2, -0.15) is 0 Å². The number of carbonyl (C=O) groups is 2. The van der Waals surface area contributed by atoms with Crippen molar-refractivity contribution in [2.45, 2.75) is 38.8 Å². The molecule has 172 valence electrons. The molecule has 3 heterocycles. The van der Waals surface area contributed by atoms with Crippen LogP contribution >= 0.6 is 0 Å². The predicted molar refractivity (Wildman–Crippen MR) is 114 cm³/mol. The molecule has 2 aliphatic heterocycles. The second kappa shape index (κ2) is 5.87. The fraction of sp³-hybridized carbons (Fsp3) is 0.583. The molecule has 1 aromatic heterocycles. The molecule has 8 rings (SSSR count). The fourth-order valence-corrected chi connectivity index (χ4v) is 8.99. The maximum absolute atomic E-state index is 13.6. The zero-order chi connectivity index (χ0) is 22.9. The number of hydrogen-bond donors (Lipinski definition) is 0.